The Hall–Kier alpha value is -2.54. The summed E-state index contributed by atoms with van der Waals surface area (Å²) in [6.07, 6.45) is -0.310. The summed E-state index contributed by atoms with van der Waals surface area (Å²) in [5.74, 6) is 0.911. The fourth-order valence-electron chi connectivity index (χ4n) is 2.51. The van der Waals surface area contributed by atoms with E-state index in [-0.39, 0.29) is 18.7 Å². The molecule has 1 heterocycles. The maximum atomic E-state index is 11.4. The van der Waals surface area contributed by atoms with Crippen LogP contribution in [0.4, 0.5) is 0 Å². The molecule has 0 aliphatic rings. The van der Waals surface area contributed by atoms with Gasteiger partial charge in [-0.05, 0) is 56.2 Å². The van der Waals surface area contributed by atoms with Gasteiger partial charge in [0.25, 0.3) is 0 Å². The van der Waals surface area contributed by atoms with Crippen molar-refractivity contribution in [1.82, 2.24) is 4.98 Å². The Balaban J connectivity index is 2.08. The second-order valence-electron chi connectivity index (χ2n) is 5.99. The molecule has 7 heteroatoms. The van der Waals surface area contributed by atoms with Crippen LogP contribution in [0.1, 0.15) is 31.2 Å². The highest BCUT2D eigenvalue weighted by atomic mass is 16.6. The van der Waals surface area contributed by atoms with Crippen molar-refractivity contribution in [2.75, 3.05) is 26.4 Å². The zero-order chi connectivity index (χ0) is 19.6. The second kappa shape index (κ2) is 10.6. The van der Waals surface area contributed by atoms with Crippen molar-refractivity contribution in [3.8, 4) is 11.5 Å². The minimum atomic E-state index is -0.389. The lowest BCUT2D eigenvalue weighted by atomic mass is 10.0. The average molecular weight is 371 g/mol. The van der Waals surface area contributed by atoms with E-state index < -0.39 is 0 Å². The van der Waals surface area contributed by atoms with Crippen LogP contribution in [0.15, 0.2) is 36.4 Å². The number of pyridine rings is 1. The molecule has 1 unspecified atom stereocenters. The normalized spacial score (nSPS) is 11.7. The first-order valence-corrected chi connectivity index (χ1v) is 9.10. The van der Waals surface area contributed by atoms with Crippen LogP contribution < -0.4 is 15.1 Å². The van der Waals surface area contributed by atoms with Crippen LogP contribution in [0.25, 0.3) is 0 Å². The Labute approximate surface area is 161 Å². The molecule has 2 aromatic rings. The Morgan fingerprint density at radius 3 is 2.67 bits per heavy atom. The molecule has 1 aromatic carbocycles. The molecule has 0 fully saturated rings. The van der Waals surface area contributed by atoms with Gasteiger partial charge < -0.3 is 18.9 Å². The van der Waals surface area contributed by atoms with Crippen molar-refractivity contribution >= 4 is 19.4 Å². The van der Waals surface area contributed by atoms with Gasteiger partial charge in [-0.3, -0.25) is 4.98 Å². The molecule has 144 valence electrons. The molecule has 0 N–H and O–H groups in total. The summed E-state index contributed by atoms with van der Waals surface area (Å²) in [5, 5.41) is 0. The summed E-state index contributed by atoms with van der Waals surface area (Å²) >= 11 is 0. The van der Waals surface area contributed by atoms with Crippen molar-refractivity contribution < 1.29 is 23.7 Å². The molecule has 0 aliphatic carbocycles. The van der Waals surface area contributed by atoms with Crippen LogP contribution in [0.2, 0.25) is 0 Å². The van der Waals surface area contributed by atoms with E-state index in [2.05, 4.69) is 4.98 Å². The van der Waals surface area contributed by atoms with Crippen molar-refractivity contribution in [1.29, 1.82) is 0 Å². The monoisotopic (exact) mass is 371 g/mol. The number of aromatic nitrogens is 1. The average Bonchev–Trinajstić information content (AvgIpc) is 2.64. The van der Waals surface area contributed by atoms with E-state index in [9.17, 15) is 4.79 Å². The predicted molar refractivity (Wildman–Crippen MR) is 106 cm³/mol. The zero-order valence-electron chi connectivity index (χ0n) is 16.4. The van der Waals surface area contributed by atoms with Crippen molar-refractivity contribution in [2.45, 2.75) is 26.9 Å². The van der Waals surface area contributed by atoms with Gasteiger partial charge in [0.15, 0.2) is 20.6 Å². The number of rotatable bonds is 10. The number of benzene rings is 1. The van der Waals surface area contributed by atoms with E-state index in [0.717, 1.165) is 16.9 Å². The smallest absolute Gasteiger partial charge is 0.344 e. The molecule has 0 bridgehead atoms. The Morgan fingerprint density at radius 2 is 2.00 bits per heavy atom. The maximum Gasteiger partial charge on any atom is 0.344 e. The number of carbonyl (C=O) groups is 1. The standard InChI is InChI=1S/C20H26BNO5/c1-4-24-12-18(16-7-6-8-19(21)22-16)27-15-9-10-17(14(3)11-15)26-13-20(23)25-5-2/h6-11,18H,4-5,12-13,21H2,1-3H3. The Morgan fingerprint density at radius 1 is 1.19 bits per heavy atom. The summed E-state index contributed by atoms with van der Waals surface area (Å²) < 4.78 is 22.1. The van der Waals surface area contributed by atoms with Crippen LogP contribution in [0, 0.1) is 6.92 Å². The molecule has 6 nitrogen and oxygen atoms in total. The third kappa shape index (κ3) is 6.60. The first-order valence-electron chi connectivity index (χ1n) is 9.10. The third-order valence-electron chi connectivity index (χ3n) is 3.79. The summed E-state index contributed by atoms with van der Waals surface area (Å²) in [7, 11) is 1.95. The molecule has 0 aliphatic heterocycles. The maximum absolute atomic E-state index is 11.4. The number of ether oxygens (including phenoxy) is 4. The van der Waals surface area contributed by atoms with E-state index in [4.69, 9.17) is 18.9 Å². The lowest BCUT2D eigenvalue weighted by Gasteiger charge is -2.20. The predicted octanol–water partition coefficient (Wildman–Crippen LogP) is 1.75. The first kappa shape index (κ1) is 20.8. The lowest BCUT2D eigenvalue weighted by Crippen LogP contribution is -2.20. The van der Waals surface area contributed by atoms with Crippen LogP contribution in [0.3, 0.4) is 0 Å². The molecule has 0 amide bonds. The van der Waals surface area contributed by atoms with Gasteiger partial charge in [0.1, 0.15) is 11.5 Å². The van der Waals surface area contributed by atoms with Gasteiger partial charge in [-0.25, -0.2) is 4.79 Å². The summed E-state index contributed by atoms with van der Waals surface area (Å²) in [5.41, 5.74) is 2.62. The number of aryl methyl sites for hydroxylation is 1. The number of nitrogens with zero attached hydrogens (tertiary/aromatic N) is 1. The molecular weight excluding hydrogens is 345 g/mol. The van der Waals surface area contributed by atoms with E-state index >= 15 is 0 Å². The highest BCUT2D eigenvalue weighted by molar-refractivity contribution is 6.30. The van der Waals surface area contributed by atoms with Crippen molar-refractivity contribution in [2.24, 2.45) is 0 Å². The molecule has 0 spiro atoms. The van der Waals surface area contributed by atoms with E-state index in [1.54, 1.807) is 13.0 Å². The topological polar surface area (TPSA) is 66.9 Å². The van der Waals surface area contributed by atoms with Crippen LogP contribution in [0.5, 0.6) is 11.5 Å². The summed E-state index contributed by atoms with van der Waals surface area (Å²) in [6.45, 7) is 6.84. The molecule has 27 heavy (non-hydrogen) atoms. The molecule has 0 saturated heterocycles. The van der Waals surface area contributed by atoms with E-state index in [1.807, 2.05) is 52.0 Å². The van der Waals surface area contributed by atoms with Gasteiger partial charge in [0.2, 0.25) is 0 Å². The summed E-state index contributed by atoms with van der Waals surface area (Å²) in [6, 6.07) is 11.3. The molecular formula is C20H26BNO5. The van der Waals surface area contributed by atoms with Crippen LogP contribution in [-0.2, 0) is 14.3 Å². The van der Waals surface area contributed by atoms with E-state index in [1.165, 1.54) is 0 Å². The van der Waals surface area contributed by atoms with Gasteiger partial charge in [0, 0.05) is 6.61 Å². The van der Waals surface area contributed by atoms with Crippen LogP contribution in [-0.4, -0.2) is 45.2 Å². The third-order valence-corrected chi connectivity index (χ3v) is 3.79. The Bertz CT molecular complexity index is 753. The molecule has 2 rings (SSSR count). The Kier molecular flexibility index (Phi) is 8.14. The summed E-state index contributed by atoms with van der Waals surface area (Å²) in [4.78, 5) is 16.0. The van der Waals surface area contributed by atoms with Gasteiger partial charge in [-0.15, -0.1) is 0 Å². The lowest BCUT2D eigenvalue weighted by molar-refractivity contribution is -0.145. The fourth-order valence-corrected chi connectivity index (χ4v) is 2.51. The fraction of sp³-hybridized carbons (Fsp3) is 0.400. The highest BCUT2D eigenvalue weighted by Crippen LogP contribution is 2.27. The SMILES string of the molecule is Bc1cccc(C(COCC)Oc2ccc(OCC(=O)OCC)c(C)c2)n1. The number of hydrogen-bond acceptors (Lipinski definition) is 6. The zero-order valence-corrected chi connectivity index (χ0v) is 16.4. The highest BCUT2D eigenvalue weighted by Gasteiger charge is 2.16. The minimum absolute atomic E-state index is 0.116. The molecule has 1 atom stereocenters. The molecule has 0 saturated carbocycles. The van der Waals surface area contributed by atoms with Crippen molar-refractivity contribution in [3.63, 3.8) is 0 Å². The number of esters is 1. The van der Waals surface area contributed by atoms with Gasteiger partial charge in [-0.2, -0.15) is 0 Å². The number of carbonyl (C=O) groups excluding carboxylic acids is 1. The van der Waals surface area contributed by atoms with Gasteiger partial charge >= 0.3 is 5.97 Å². The molecule has 0 radical (unpaired) electrons. The molecule has 1 aromatic heterocycles. The number of hydrogen-bond donors (Lipinski definition) is 0. The minimum Gasteiger partial charge on any atom is -0.482 e. The van der Waals surface area contributed by atoms with Gasteiger partial charge in [0.05, 0.1) is 18.9 Å². The van der Waals surface area contributed by atoms with E-state index in [0.29, 0.717) is 31.3 Å². The van der Waals surface area contributed by atoms with Crippen molar-refractivity contribution in [3.05, 3.63) is 47.7 Å². The van der Waals surface area contributed by atoms with Crippen LogP contribution >= 0.6 is 0 Å². The second-order valence-corrected chi connectivity index (χ2v) is 5.99. The quantitative estimate of drug-likeness (QED) is 0.468. The first-order chi connectivity index (χ1) is 13.0. The van der Waals surface area contributed by atoms with Gasteiger partial charge in [-0.1, -0.05) is 12.1 Å². The largest absolute Gasteiger partial charge is 0.482 e.